The molecule has 3 N–H and O–H groups in total. The molecule has 4 nitrogen and oxygen atoms in total. The van der Waals surface area contributed by atoms with Gasteiger partial charge in [-0.3, -0.25) is 5.10 Å². The van der Waals surface area contributed by atoms with Crippen molar-refractivity contribution in [2.24, 2.45) is 0 Å². The summed E-state index contributed by atoms with van der Waals surface area (Å²) in [5, 5.41) is 6.76. The van der Waals surface area contributed by atoms with Crippen LogP contribution in [0.3, 0.4) is 0 Å². The Labute approximate surface area is 91.3 Å². The summed E-state index contributed by atoms with van der Waals surface area (Å²) in [6, 6.07) is 8.39. The molecule has 0 saturated carbocycles. The molecule has 76 valence electrons. The molecule has 0 bridgehead atoms. The maximum absolute atomic E-state index is 5.51. The van der Waals surface area contributed by atoms with E-state index in [0.29, 0.717) is 11.9 Å². The van der Waals surface area contributed by atoms with Gasteiger partial charge in [0.1, 0.15) is 5.82 Å². The molecule has 2 aromatic rings. The molecule has 2 heterocycles. The number of nitrogens with two attached hydrogens (primary N) is 1. The molecule has 0 fully saturated rings. The average Bonchev–Trinajstić information content (AvgIpc) is 2.83. The molecule has 0 aliphatic carbocycles. The van der Waals surface area contributed by atoms with E-state index < -0.39 is 0 Å². The van der Waals surface area contributed by atoms with Crippen LogP contribution in [-0.2, 0) is 0 Å². The van der Waals surface area contributed by atoms with Gasteiger partial charge in [0.2, 0.25) is 5.95 Å². The molecule has 1 aromatic carbocycles. The number of nitrogens with zero attached hydrogens (tertiary/aromatic N) is 2. The number of anilines is 1. The van der Waals surface area contributed by atoms with Crippen LogP contribution in [-0.4, -0.2) is 20.9 Å². The SMILES string of the molecule is Nc1n[nH]c(C2CSc3ccccc32)n1. The normalized spacial score (nSPS) is 19.1. The second-order valence-corrected chi connectivity index (χ2v) is 4.54. The van der Waals surface area contributed by atoms with E-state index in [-0.39, 0.29) is 0 Å². The summed E-state index contributed by atoms with van der Waals surface area (Å²) in [5.41, 5.74) is 6.82. The first kappa shape index (κ1) is 8.79. The average molecular weight is 218 g/mol. The number of nitrogen functional groups attached to an aromatic ring is 1. The van der Waals surface area contributed by atoms with Gasteiger partial charge < -0.3 is 5.73 Å². The lowest BCUT2D eigenvalue weighted by molar-refractivity contribution is 0.834. The quantitative estimate of drug-likeness (QED) is 0.763. The van der Waals surface area contributed by atoms with Crippen LogP contribution in [0.5, 0.6) is 0 Å². The zero-order valence-electron chi connectivity index (χ0n) is 7.97. The molecule has 3 rings (SSSR count). The maximum Gasteiger partial charge on any atom is 0.239 e. The van der Waals surface area contributed by atoms with Gasteiger partial charge in [0.25, 0.3) is 0 Å². The van der Waals surface area contributed by atoms with Crippen LogP contribution in [0.1, 0.15) is 17.3 Å². The number of H-pyrrole nitrogens is 1. The fraction of sp³-hybridized carbons (Fsp3) is 0.200. The number of aromatic amines is 1. The minimum atomic E-state index is 0.302. The monoisotopic (exact) mass is 218 g/mol. The Bertz CT molecular complexity index is 494. The molecule has 0 saturated heterocycles. The fourth-order valence-corrected chi connectivity index (χ4v) is 3.07. The lowest BCUT2D eigenvalue weighted by Crippen LogP contribution is -2.01. The molecule has 0 amide bonds. The minimum Gasteiger partial charge on any atom is -0.367 e. The van der Waals surface area contributed by atoms with Gasteiger partial charge >= 0.3 is 0 Å². The highest BCUT2D eigenvalue weighted by Crippen LogP contribution is 2.41. The van der Waals surface area contributed by atoms with Gasteiger partial charge in [-0.15, -0.1) is 16.9 Å². The summed E-state index contributed by atoms with van der Waals surface area (Å²) in [6.07, 6.45) is 0. The molecule has 0 spiro atoms. The summed E-state index contributed by atoms with van der Waals surface area (Å²) in [5.74, 6) is 2.49. The third-order valence-electron chi connectivity index (χ3n) is 2.55. The maximum atomic E-state index is 5.51. The van der Waals surface area contributed by atoms with Crippen molar-refractivity contribution in [3.63, 3.8) is 0 Å². The number of hydrogen-bond donors (Lipinski definition) is 2. The number of rotatable bonds is 1. The smallest absolute Gasteiger partial charge is 0.239 e. The molecular formula is C10H10N4S. The number of aromatic nitrogens is 3. The third-order valence-corrected chi connectivity index (χ3v) is 3.73. The molecular weight excluding hydrogens is 208 g/mol. The van der Waals surface area contributed by atoms with E-state index in [0.717, 1.165) is 11.6 Å². The van der Waals surface area contributed by atoms with Gasteiger partial charge in [-0.25, -0.2) is 0 Å². The van der Waals surface area contributed by atoms with Gasteiger partial charge in [0, 0.05) is 10.6 Å². The van der Waals surface area contributed by atoms with E-state index >= 15 is 0 Å². The number of hydrogen-bond acceptors (Lipinski definition) is 4. The summed E-state index contributed by atoms with van der Waals surface area (Å²) >= 11 is 1.85. The highest BCUT2D eigenvalue weighted by molar-refractivity contribution is 7.99. The second kappa shape index (κ2) is 3.27. The molecule has 1 aliphatic rings. The van der Waals surface area contributed by atoms with E-state index in [1.54, 1.807) is 0 Å². The van der Waals surface area contributed by atoms with Crippen molar-refractivity contribution >= 4 is 17.7 Å². The van der Waals surface area contributed by atoms with Crippen molar-refractivity contribution in [2.45, 2.75) is 10.8 Å². The van der Waals surface area contributed by atoms with Gasteiger partial charge in [0.05, 0.1) is 5.92 Å². The van der Waals surface area contributed by atoms with E-state index in [9.17, 15) is 0 Å². The van der Waals surface area contributed by atoms with E-state index in [1.165, 1.54) is 10.5 Å². The summed E-state index contributed by atoms with van der Waals surface area (Å²) in [4.78, 5) is 5.52. The van der Waals surface area contributed by atoms with E-state index in [2.05, 4.69) is 39.4 Å². The highest BCUT2D eigenvalue weighted by atomic mass is 32.2. The lowest BCUT2D eigenvalue weighted by atomic mass is 10.0. The Morgan fingerprint density at radius 1 is 1.40 bits per heavy atom. The predicted octanol–water partition coefficient (Wildman–Crippen LogP) is 1.62. The molecule has 5 heteroatoms. The van der Waals surface area contributed by atoms with Gasteiger partial charge in [-0.1, -0.05) is 18.2 Å². The van der Waals surface area contributed by atoms with Crippen molar-refractivity contribution in [3.8, 4) is 0 Å². The Balaban J connectivity index is 2.04. The first-order chi connectivity index (χ1) is 7.34. The van der Waals surface area contributed by atoms with E-state index in [4.69, 9.17) is 5.73 Å². The summed E-state index contributed by atoms with van der Waals surface area (Å²) in [7, 11) is 0. The van der Waals surface area contributed by atoms with Gasteiger partial charge in [-0.2, -0.15) is 4.98 Å². The second-order valence-electron chi connectivity index (χ2n) is 3.48. The molecule has 1 aromatic heterocycles. The zero-order valence-corrected chi connectivity index (χ0v) is 8.79. The highest BCUT2D eigenvalue weighted by Gasteiger charge is 2.26. The van der Waals surface area contributed by atoms with Crippen LogP contribution in [0.2, 0.25) is 0 Å². The molecule has 1 aliphatic heterocycles. The fourth-order valence-electron chi connectivity index (χ4n) is 1.83. The standard InChI is InChI=1S/C10H10N4S/c11-10-12-9(13-14-10)7-5-15-8-4-2-1-3-6(7)8/h1-4,7H,5H2,(H3,11,12,13,14). The van der Waals surface area contributed by atoms with Crippen LogP contribution < -0.4 is 5.73 Å². The minimum absolute atomic E-state index is 0.302. The van der Waals surface area contributed by atoms with Crippen LogP contribution in [0.15, 0.2) is 29.2 Å². The summed E-state index contributed by atoms with van der Waals surface area (Å²) in [6.45, 7) is 0. The lowest BCUT2D eigenvalue weighted by Gasteiger charge is -2.05. The van der Waals surface area contributed by atoms with Gasteiger partial charge in [-0.05, 0) is 11.6 Å². The van der Waals surface area contributed by atoms with Crippen molar-refractivity contribution in [3.05, 3.63) is 35.7 Å². The van der Waals surface area contributed by atoms with Crippen LogP contribution in [0.4, 0.5) is 5.95 Å². The Hall–Kier alpha value is -1.49. The Morgan fingerprint density at radius 3 is 3.07 bits per heavy atom. The molecule has 0 radical (unpaired) electrons. The summed E-state index contributed by atoms with van der Waals surface area (Å²) < 4.78 is 0. The molecule has 1 unspecified atom stereocenters. The number of thioether (sulfide) groups is 1. The topological polar surface area (TPSA) is 67.6 Å². The van der Waals surface area contributed by atoms with Crippen molar-refractivity contribution < 1.29 is 0 Å². The van der Waals surface area contributed by atoms with E-state index in [1.807, 2.05) is 11.8 Å². The van der Waals surface area contributed by atoms with Crippen molar-refractivity contribution in [1.29, 1.82) is 0 Å². The predicted molar refractivity (Wildman–Crippen MR) is 59.8 cm³/mol. The third kappa shape index (κ3) is 1.39. The Kier molecular flexibility index (Phi) is 1.92. The van der Waals surface area contributed by atoms with Crippen LogP contribution in [0, 0.1) is 0 Å². The van der Waals surface area contributed by atoms with Gasteiger partial charge in [0.15, 0.2) is 0 Å². The zero-order chi connectivity index (χ0) is 10.3. The van der Waals surface area contributed by atoms with Crippen LogP contribution >= 0.6 is 11.8 Å². The number of fused-ring (bicyclic) bond motifs is 1. The van der Waals surface area contributed by atoms with Crippen molar-refractivity contribution in [2.75, 3.05) is 11.5 Å². The largest absolute Gasteiger partial charge is 0.367 e. The molecule has 15 heavy (non-hydrogen) atoms. The molecule has 1 atom stereocenters. The van der Waals surface area contributed by atoms with Crippen LogP contribution in [0.25, 0.3) is 0 Å². The van der Waals surface area contributed by atoms with Crippen molar-refractivity contribution in [1.82, 2.24) is 15.2 Å². The first-order valence-corrected chi connectivity index (χ1v) is 5.72. The Morgan fingerprint density at radius 2 is 2.27 bits per heavy atom. The first-order valence-electron chi connectivity index (χ1n) is 4.74. The number of nitrogens with one attached hydrogen (secondary N) is 1. The number of benzene rings is 1.